The molecule has 1 atom stereocenters. The van der Waals surface area contributed by atoms with Crippen LogP contribution in [0.4, 0.5) is 5.69 Å². The maximum absolute atomic E-state index is 5.76. The molecule has 1 aromatic carbocycles. The van der Waals surface area contributed by atoms with Crippen molar-refractivity contribution in [2.45, 2.75) is 58.4 Å². The van der Waals surface area contributed by atoms with Gasteiger partial charge in [-0.25, -0.2) is 0 Å². The number of hydrogen-bond acceptors (Lipinski definition) is 2. The van der Waals surface area contributed by atoms with Crippen molar-refractivity contribution in [2.75, 3.05) is 18.8 Å². The number of nitrogens with zero attached hydrogens (tertiary/aromatic N) is 1. The van der Waals surface area contributed by atoms with Crippen molar-refractivity contribution in [1.82, 2.24) is 4.90 Å². The van der Waals surface area contributed by atoms with Gasteiger partial charge < -0.3 is 10.6 Å². The molecule has 0 aliphatic heterocycles. The van der Waals surface area contributed by atoms with Crippen molar-refractivity contribution < 1.29 is 0 Å². The van der Waals surface area contributed by atoms with Crippen molar-refractivity contribution in [3.8, 4) is 0 Å². The monoisotopic (exact) mass is 274 g/mol. The summed E-state index contributed by atoms with van der Waals surface area (Å²) in [5.74, 6) is 1.43. The summed E-state index contributed by atoms with van der Waals surface area (Å²) in [7, 11) is 0. The second kappa shape index (κ2) is 7.12. The number of rotatable bonds is 8. The summed E-state index contributed by atoms with van der Waals surface area (Å²) < 4.78 is 0. The molecule has 0 amide bonds. The first kappa shape index (κ1) is 15.4. The number of anilines is 1. The lowest BCUT2D eigenvalue weighted by Crippen LogP contribution is -2.29. The van der Waals surface area contributed by atoms with Crippen molar-refractivity contribution in [3.05, 3.63) is 29.8 Å². The number of hydrogen-bond donors (Lipinski definition) is 1. The summed E-state index contributed by atoms with van der Waals surface area (Å²) in [6, 6.07) is 9.27. The van der Waals surface area contributed by atoms with Gasteiger partial charge in [0.25, 0.3) is 0 Å². The van der Waals surface area contributed by atoms with Crippen LogP contribution in [0.2, 0.25) is 0 Å². The number of benzene rings is 1. The van der Waals surface area contributed by atoms with Gasteiger partial charge >= 0.3 is 0 Å². The average Bonchev–Trinajstić information content (AvgIpc) is 3.23. The number of nitrogen functional groups attached to an aromatic ring is 1. The molecule has 0 radical (unpaired) electrons. The minimum Gasteiger partial charge on any atom is -0.399 e. The molecule has 0 aromatic heterocycles. The van der Waals surface area contributed by atoms with Crippen LogP contribution in [-0.2, 0) is 0 Å². The fourth-order valence-electron chi connectivity index (χ4n) is 2.69. The number of nitrogens with two attached hydrogens (primary N) is 1. The highest BCUT2D eigenvalue weighted by atomic mass is 15.2. The van der Waals surface area contributed by atoms with Crippen LogP contribution in [0, 0.1) is 5.92 Å². The van der Waals surface area contributed by atoms with Gasteiger partial charge in [-0.3, -0.25) is 0 Å². The molecule has 1 fully saturated rings. The van der Waals surface area contributed by atoms with Crippen LogP contribution in [0.1, 0.15) is 57.9 Å². The predicted molar refractivity (Wildman–Crippen MR) is 87.9 cm³/mol. The maximum atomic E-state index is 5.76. The molecule has 112 valence electrons. The molecular weight excluding hydrogens is 244 g/mol. The highest BCUT2D eigenvalue weighted by Gasteiger charge is 2.28. The van der Waals surface area contributed by atoms with Crippen molar-refractivity contribution in [2.24, 2.45) is 5.92 Å². The minimum absolute atomic E-state index is 0.621. The Morgan fingerprint density at radius 1 is 1.05 bits per heavy atom. The molecule has 1 aliphatic rings. The molecule has 2 heteroatoms. The Labute approximate surface area is 124 Å². The van der Waals surface area contributed by atoms with Gasteiger partial charge in [0.15, 0.2) is 0 Å². The Hall–Kier alpha value is -1.02. The summed E-state index contributed by atoms with van der Waals surface area (Å²) in [5.41, 5.74) is 8.03. The van der Waals surface area contributed by atoms with Gasteiger partial charge in [-0.1, -0.05) is 32.9 Å². The van der Waals surface area contributed by atoms with Gasteiger partial charge in [0.05, 0.1) is 0 Å². The Balaban J connectivity index is 1.80. The zero-order chi connectivity index (χ0) is 14.5. The smallest absolute Gasteiger partial charge is 0.0314 e. The van der Waals surface area contributed by atoms with Crippen LogP contribution in [0.25, 0.3) is 0 Å². The van der Waals surface area contributed by atoms with E-state index in [-0.39, 0.29) is 0 Å². The molecule has 2 rings (SSSR count). The fraction of sp³-hybridized carbons (Fsp3) is 0.667. The topological polar surface area (TPSA) is 29.3 Å². The second-order valence-corrected chi connectivity index (χ2v) is 6.81. The molecule has 0 heterocycles. The fourth-order valence-corrected chi connectivity index (χ4v) is 2.69. The SMILES string of the molecule is CC(C)CCN(CCC(C)c1ccc(N)cc1)C1CC1. The summed E-state index contributed by atoms with van der Waals surface area (Å²) in [4.78, 5) is 2.72. The quantitative estimate of drug-likeness (QED) is 0.717. The van der Waals surface area contributed by atoms with E-state index in [1.165, 1.54) is 44.3 Å². The summed E-state index contributed by atoms with van der Waals surface area (Å²) in [6.07, 6.45) is 5.40. The van der Waals surface area contributed by atoms with E-state index in [9.17, 15) is 0 Å². The molecule has 1 aliphatic carbocycles. The van der Waals surface area contributed by atoms with Gasteiger partial charge in [-0.05, 0) is 68.3 Å². The third kappa shape index (κ3) is 4.82. The van der Waals surface area contributed by atoms with E-state index in [1.54, 1.807) is 0 Å². The molecule has 2 N–H and O–H groups in total. The summed E-state index contributed by atoms with van der Waals surface area (Å²) in [6.45, 7) is 9.49. The third-order valence-corrected chi connectivity index (χ3v) is 4.41. The molecule has 20 heavy (non-hydrogen) atoms. The van der Waals surface area contributed by atoms with Gasteiger partial charge in [-0.15, -0.1) is 0 Å². The van der Waals surface area contributed by atoms with Crippen molar-refractivity contribution in [3.63, 3.8) is 0 Å². The molecule has 2 nitrogen and oxygen atoms in total. The Morgan fingerprint density at radius 2 is 1.65 bits per heavy atom. The average molecular weight is 274 g/mol. The van der Waals surface area contributed by atoms with Crippen LogP contribution in [0.5, 0.6) is 0 Å². The summed E-state index contributed by atoms with van der Waals surface area (Å²) in [5, 5.41) is 0. The Kier molecular flexibility index (Phi) is 5.47. The van der Waals surface area contributed by atoms with E-state index in [0.717, 1.165) is 17.6 Å². The molecule has 1 saturated carbocycles. The molecular formula is C18H30N2. The van der Waals surface area contributed by atoms with Gasteiger partial charge in [0.2, 0.25) is 0 Å². The highest BCUT2D eigenvalue weighted by Crippen LogP contribution is 2.29. The lowest BCUT2D eigenvalue weighted by molar-refractivity contribution is 0.240. The largest absolute Gasteiger partial charge is 0.399 e. The molecule has 1 aromatic rings. The van der Waals surface area contributed by atoms with Crippen molar-refractivity contribution in [1.29, 1.82) is 0 Å². The van der Waals surface area contributed by atoms with Crippen LogP contribution >= 0.6 is 0 Å². The lowest BCUT2D eigenvalue weighted by Gasteiger charge is -2.24. The Morgan fingerprint density at radius 3 is 2.20 bits per heavy atom. The van der Waals surface area contributed by atoms with Crippen LogP contribution in [0.3, 0.4) is 0 Å². The predicted octanol–water partition coefficient (Wildman–Crippen LogP) is 4.27. The van der Waals surface area contributed by atoms with E-state index >= 15 is 0 Å². The standard InChI is InChI=1S/C18H30N2/c1-14(2)10-12-20(18-8-9-18)13-11-15(3)16-4-6-17(19)7-5-16/h4-7,14-15,18H,8-13,19H2,1-3H3. The Bertz CT molecular complexity index is 392. The van der Waals surface area contributed by atoms with E-state index in [4.69, 9.17) is 5.73 Å². The normalized spacial score (nSPS) is 16.9. The first-order chi connectivity index (χ1) is 9.56. The van der Waals surface area contributed by atoms with E-state index in [0.29, 0.717) is 5.92 Å². The molecule has 0 spiro atoms. The third-order valence-electron chi connectivity index (χ3n) is 4.41. The minimum atomic E-state index is 0.621. The van der Waals surface area contributed by atoms with Gasteiger partial charge in [0.1, 0.15) is 0 Å². The van der Waals surface area contributed by atoms with Gasteiger partial charge in [0, 0.05) is 11.7 Å². The van der Waals surface area contributed by atoms with Crippen LogP contribution < -0.4 is 5.73 Å². The first-order valence-corrected chi connectivity index (χ1v) is 8.15. The maximum Gasteiger partial charge on any atom is 0.0314 e. The zero-order valence-electron chi connectivity index (χ0n) is 13.3. The van der Waals surface area contributed by atoms with E-state index in [2.05, 4.69) is 37.8 Å². The lowest BCUT2D eigenvalue weighted by atomic mass is 9.97. The molecule has 1 unspecified atom stereocenters. The van der Waals surface area contributed by atoms with Crippen LogP contribution in [-0.4, -0.2) is 24.0 Å². The molecule has 0 saturated heterocycles. The zero-order valence-corrected chi connectivity index (χ0v) is 13.3. The van der Waals surface area contributed by atoms with E-state index in [1.807, 2.05) is 12.1 Å². The first-order valence-electron chi connectivity index (χ1n) is 8.15. The summed E-state index contributed by atoms with van der Waals surface area (Å²) >= 11 is 0. The van der Waals surface area contributed by atoms with Crippen molar-refractivity contribution >= 4 is 5.69 Å². The highest BCUT2D eigenvalue weighted by molar-refractivity contribution is 5.40. The molecule has 0 bridgehead atoms. The van der Waals surface area contributed by atoms with Gasteiger partial charge in [-0.2, -0.15) is 0 Å². The second-order valence-electron chi connectivity index (χ2n) is 6.81. The van der Waals surface area contributed by atoms with E-state index < -0.39 is 0 Å². The van der Waals surface area contributed by atoms with Crippen LogP contribution in [0.15, 0.2) is 24.3 Å².